The Labute approximate surface area is 211 Å². The van der Waals surface area contributed by atoms with E-state index in [9.17, 15) is 18.0 Å². The topological polar surface area (TPSA) is 80.2 Å². The third-order valence-corrected chi connectivity index (χ3v) is 7.60. The maximum absolute atomic E-state index is 15.5. The lowest BCUT2D eigenvalue weighted by molar-refractivity contribution is -0.154. The summed E-state index contributed by atoms with van der Waals surface area (Å²) in [6.07, 6.45) is -0.468. The Balaban J connectivity index is 1.19. The van der Waals surface area contributed by atoms with E-state index in [0.717, 1.165) is 17.8 Å². The van der Waals surface area contributed by atoms with Crippen molar-refractivity contribution in [1.82, 2.24) is 24.6 Å². The number of aromatic nitrogens is 3. The van der Waals surface area contributed by atoms with Crippen molar-refractivity contribution in [2.75, 3.05) is 26.2 Å². The van der Waals surface area contributed by atoms with Crippen LogP contribution in [0.1, 0.15) is 54.2 Å². The number of rotatable bonds is 8. The Kier molecular flexibility index (Phi) is 8.44. The van der Waals surface area contributed by atoms with E-state index in [1.54, 1.807) is 13.0 Å². The molecular formula is C24H31F4N5O2S. The minimum Gasteiger partial charge on any atom is -0.468 e. The molecule has 0 unspecified atom stereocenters. The standard InChI is InChI=1S/C24H31F4N5O2S/c1-16-29-22(36-32-16)14-20(34)30-18-4-8-23(25,9-5-18)10-13-33-11-6-17-2-3-21(31-19(17)7-12-33)35-15-24(26,27)28/h2-3,18H,4-15H2,1H3,(H,30,34)/t18-,23+. The Morgan fingerprint density at radius 1 is 1.22 bits per heavy atom. The van der Waals surface area contributed by atoms with Gasteiger partial charge in [-0.2, -0.15) is 17.5 Å². The largest absolute Gasteiger partial charge is 0.468 e. The SMILES string of the molecule is Cc1nsc(CC(=O)N[C@H]2CC[C@](F)(CCN3CCc4ccc(OCC(F)(F)F)nc4CC3)CC2)n1. The van der Waals surface area contributed by atoms with Crippen molar-refractivity contribution in [3.8, 4) is 5.88 Å². The number of fused-ring (bicyclic) bond motifs is 1. The molecule has 0 bridgehead atoms. The highest BCUT2D eigenvalue weighted by molar-refractivity contribution is 7.05. The number of amides is 1. The maximum atomic E-state index is 15.5. The molecule has 3 heterocycles. The second-order valence-corrected chi connectivity index (χ2v) is 10.5. The van der Waals surface area contributed by atoms with Gasteiger partial charge >= 0.3 is 6.18 Å². The number of pyridine rings is 1. The third-order valence-electron chi connectivity index (χ3n) is 6.79. The van der Waals surface area contributed by atoms with Crippen LogP contribution in [-0.2, 0) is 24.1 Å². The van der Waals surface area contributed by atoms with Crippen molar-refractivity contribution in [1.29, 1.82) is 0 Å². The third kappa shape index (κ3) is 7.83. The lowest BCUT2D eigenvalue weighted by Gasteiger charge is -2.35. The summed E-state index contributed by atoms with van der Waals surface area (Å²) < 4.78 is 61.6. The summed E-state index contributed by atoms with van der Waals surface area (Å²) in [6.45, 7) is 2.45. The molecule has 0 aromatic carbocycles. The van der Waals surface area contributed by atoms with E-state index in [1.807, 2.05) is 0 Å². The molecule has 0 atom stereocenters. The van der Waals surface area contributed by atoms with Gasteiger partial charge in [0.25, 0.3) is 0 Å². The molecule has 0 spiro atoms. The fraction of sp³-hybridized carbons (Fsp3) is 0.667. The van der Waals surface area contributed by atoms with Crippen LogP contribution in [0.2, 0.25) is 0 Å². The molecule has 2 aromatic rings. The molecule has 1 fully saturated rings. The van der Waals surface area contributed by atoms with Crippen LogP contribution >= 0.6 is 11.5 Å². The van der Waals surface area contributed by atoms with Gasteiger partial charge in [-0.15, -0.1) is 0 Å². The molecule has 36 heavy (non-hydrogen) atoms. The van der Waals surface area contributed by atoms with Crippen LogP contribution in [0, 0.1) is 6.92 Å². The van der Waals surface area contributed by atoms with Crippen LogP contribution in [-0.4, -0.2) is 69.3 Å². The summed E-state index contributed by atoms with van der Waals surface area (Å²) in [6, 6.07) is 3.22. The Bertz CT molecular complexity index is 1040. The van der Waals surface area contributed by atoms with E-state index in [4.69, 9.17) is 4.74 Å². The molecule has 1 aliphatic heterocycles. The minimum absolute atomic E-state index is 0.0236. The van der Waals surface area contributed by atoms with E-state index in [2.05, 4.69) is 24.6 Å². The van der Waals surface area contributed by atoms with Crippen molar-refractivity contribution >= 4 is 17.4 Å². The number of hydrogen-bond acceptors (Lipinski definition) is 7. The molecule has 1 saturated carbocycles. The minimum atomic E-state index is -4.41. The highest BCUT2D eigenvalue weighted by Gasteiger charge is 2.36. The zero-order chi connectivity index (χ0) is 25.8. The van der Waals surface area contributed by atoms with Crippen LogP contribution in [0.25, 0.3) is 0 Å². The molecular weight excluding hydrogens is 498 g/mol. The van der Waals surface area contributed by atoms with E-state index < -0.39 is 18.5 Å². The van der Waals surface area contributed by atoms with Gasteiger partial charge in [-0.25, -0.2) is 14.4 Å². The number of nitrogens with zero attached hydrogens (tertiary/aromatic N) is 4. The summed E-state index contributed by atoms with van der Waals surface area (Å²) in [4.78, 5) is 22.9. The molecule has 1 amide bonds. The second kappa shape index (κ2) is 11.4. The summed E-state index contributed by atoms with van der Waals surface area (Å²) >= 11 is 1.22. The van der Waals surface area contributed by atoms with Gasteiger partial charge in [0, 0.05) is 43.9 Å². The first-order valence-electron chi connectivity index (χ1n) is 12.3. The van der Waals surface area contributed by atoms with Crippen molar-refractivity contribution in [3.05, 3.63) is 34.2 Å². The van der Waals surface area contributed by atoms with Crippen LogP contribution < -0.4 is 10.1 Å². The molecule has 198 valence electrons. The van der Waals surface area contributed by atoms with Gasteiger partial charge in [0.2, 0.25) is 11.8 Å². The van der Waals surface area contributed by atoms with Crippen molar-refractivity contribution in [3.63, 3.8) is 0 Å². The lowest BCUT2D eigenvalue weighted by atomic mass is 9.81. The molecule has 0 radical (unpaired) electrons. The van der Waals surface area contributed by atoms with Gasteiger partial charge in [-0.1, -0.05) is 6.07 Å². The van der Waals surface area contributed by atoms with Gasteiger partial charge in [-0.05, 0) is 62.5 Å². The van der Waals surface area contributed by atoms with Crippen molar-refractivity contribution in [2.24, 2.45) is 0 Å². The number of alkyl halides is 4. The predicted octanol–water partition coefficient (Wildman–Crippen LogP) is 3.98. The van der Waals surface area contributed by atoms with Crippen LogP contribution in [0.5, 0.6) is 5.88 Å². The number of aryl methyl sites for hydroxylation is 1. The van der Waals surface area contributed by atoms with Gasteiger partial charge in [0.05, 0.1) is 6.42 Å². The first-order chi connectivity index (χ1) is 17.1. The Hall–Kier alpha value is -2.34. The first-order valence-corrected chi connectivity index (χ1v) is 13.0. The monoisotopic (exact) mass is 529 g/mol. The quantitative estimate of drug-likeness (QED) is 0.521. The van der Waals surface area contributed by atoms with Gasteiger partial charge in [-0.3, -0.25) is 4.79 Å². The average molecular weight is 530 g/mol. The van der Waals surface area contributed by atoms with Crippen molar-refractivity contribution < 1.29 is 27.1 Å². The number of ether oxygens (including phenoxy) is 1. The average Bonchev–Trinajstić information content (AvgIpc) is 3.11. The number of carbonyl (C=O) groups excluding carboxylic acids is 1. The Morgan fingerprint density at radius 2 is 1.97 bits per heavy atom. The second-order valence-electron chi connectivity index (χ2n) is 9.66. The van der Waals surface area contributed by atoms with E-state index in [-0.39, 0.29) is 24.2 Å². The summed E-state index contributed by atoms with van der Waals surface area (Å²) in [5.41, 5.74) is 0.479. The van der Waals surface area contributed by atoms with Gasteiger partial charge < -0.3 is 15.0 Å². The molecule has 12 heteroatoms. The van der Waals surface area contributed by atoms with Crippen molar-refractivity contribution in [2.45, 2.75) is 76.2 Å². The van der Waals surface area contributed by atoms with Crippen LogP contribution in [0.15, 0.2) is 12.1 Å². The molecule has 7 nitrogen and oxygen atoms in total. The number of carbonyl (C=O) groups is 1. The van der Waals surface area contributed by atoms with E-state index >= 15 is 4.39 Å². The molecule has 1 aliphatic carbocycles. The molecule has 2 aromatic heterocycles. The molecule has 4 rings (SSSR count). The zero-order valence-corrected chi connectivity index (χ0v) is 21.1. The number of halogens is 4. The molecule has 0 saturated heterocycles. The summed E-state index contributed by atoms with van der Waals surface area (Å²) in [5.74, 6) is 0.531. The van der Waals surface area contributed by atoms with Gasteiger partial charge in [0.1, 0.15) is 16.5 Å². The number of hydrogen-bond donors (Lipinski definition) is 1. The lowest BCUT2D eigenvalue weighted by Crippen LogP contribution is -2.43. The van der Waals surface area contributed by atoms with Crippen LogP contribution in [0.3, 0.4) is 0 Å². The first kappa shape index (κ1) is 26.7. The summed E-state index contributed by atoms with van der Waals surface area (Å²) in [5, 5.41) is 3.68. The smallest absolute Gasteiger partial charge is 0.422 e. The predicted molar refractivity (Wildman–Crippen MR) is 127 cm³/mol. The van der Waals surface area contributed by atoms with E-state index in [1.165, 1.54) is 17.6 Å². The maximum Gasteiger partial charge on any atom is 0.422 e. The Morgan fingerprint density at radius 3 is 2.67 bits per heavy atom. The highest BCUT2D eigenvalue weighted by atomic mass is 32.1. The zero-order valence-electron chi connectivity index (χ0n) is 20.2. The van der Waals surface area contributed by atoms with E-state index in [0.29, 0.717) is 68.9 Å². The molecule has 2 aliphatic rings. The summed E-state index contributed by atoms with van der Waals surface area (Å²) in [7, 11) is 0. The highest BCUT2D eigenvalue weighted by Crippen LogP contribution is 2.35. The van der Waals surface area contributed by atoms with Crippen LogP contribution in [0.4, 0.5) is 17.6 Å². The van der Waals surface area contributed by atoms with Gasteiger partial charge in [0.15, 0.2) is 6.61 Å². The fourth-order valence-corrected chi connectivity index (χ4v) is 5.43. The molecule has 1 N–H and O–H groups in total. The normalized spacial score (nSPS) is 23.1. The fourth-order valence-electron chi connectivity index (χ4n) is 4.78. The number of nitrogens with one attached hydrogen (secondary N) is 1.